The fourth-order valence-electron chi connectivity index (χ4n) is 1.31. The summed E-state index contributed by atoms with van der Waals surface area (Å²) in [5.74, 6) is 1.68. The van der Waals surface area contributed by atoms with Gasteiger partial charge in [-0.3, -0.25) is 0 Å². The predicted molar refractivity (Wildman–Crippen MR) is 61.0 cm³/mol. The fraction of sp³-hybridized carbons (Fsp3) is 1.00. The average Bonchev–Trinajstić information content (AvgIpc) is 2.04. The zero-order valence-corrected chi connectivity index (χ0v) is 10.1. The number of nitrogens with zero attached hydrogens (tertiary/aromatic N) is 1. The molecule has 0 radical (unpaired) electrons. The van der Waals surface area contributed by atoms with Crippen LogP contribution in [-0.4, -0.2) is 24.5 Å². The van der Waals surface area contributed by atoms with Crippen molar-refractivity contribution >= 4 is 0 Å². The molecule has 0 saturated carbocycles. The Balaban J connectivity index is 3.51. The van der Waals surface area contributed by atoms with Crippen LogP contribution < -0.4 is 0 Å². The maximum Gasteiger partial charge on any atom is -0.00164 e. The molecule has 0 aromatic rings. The van der Waals surface area contributed by atoms with Crippen LogP contribution in [0.1, 0.15) is 47.5 Å². The van der Waals surface area contributed by atoms with Crippen LogP contribution in [0.2, 0.25) is 0 Å². The molecule has 0 aliphatic carbocycles. The van der Waals surface area contributed by atoms with Crippen molar-refractivity contribution in [3.63, 3.8) is 0 Å². The van der Waals surface area contributed by atoms with E-state index in [4.69, 9.17) is 0 Å². The highest BCUT2D eigenvalue weighted by Crippen LogP contribution is 2.05. The summed E-state index contributed by atoms with van der Waals surface area (Å²) in [5, 5.41) is 0. The van der Waals surface area contributed by atoms with Crippen molar-refractivity contribution in [3.8, 4) is 0 Å². The molecule has 0 heterocycles. The van der Waals surface area contributed by atoms with Crippen molar-refractivity contribution in [2.45, 2.75) is 47.5 Å². The van der Waals surface area contributed by atoms with Gasteiger partial charge in [0.25, 0.3) is 0 Å². The third-order valence-corrected chi connectivity index (χ3v) is 2.49. The van der Waals surface area contributed by atoms with Crippen molar-refractivity contribution < 1.29 is 0 Å². The lowest BCUT2D eigenvalue weighted by molar-refractivity contribution is 0.255. The van der Waals surface area contributed by atoms with Gasteiger partial charge in [0.15, 0.2) is 0 Å². The van der Waals surface area contributed by atoms with E-state index >= 15 is 0 Å². The molecule has 0 aromatic heterocycles. The van der Waals surface area contributed by atoms with E-state index in [1.165, 1.54) is 32.5 Å². The molecule has 0 unspecified atom stereocenters. The van der Waals surface area contributed by atoms with Gasteiger partial charge in [-0.2, -0.15) is 0 Å². The lowest BCUT2D eigenvalue weighted by Gasteiger charge is -2.22. The third kappa shape index (κ3) is 8.29. The van der Waals surface area contributed by atoms with Gasteiger partial charge in [0.2, 0.25) is 0 Å². The molecule has 0 aromatic carbocycles. The van der Waals surface area contributed by atoms with Crippen LogP contribution in [0.15, 0.2) is 0 Å². The highest BCUT2D eigenvalue weighted by molar-refractivity contribution is 4.58. The smallest absolute Gasteiger partial charge is 0.00164 e. The SMILES string of the molecule is CCN(CCC(C)C)CCC(C)C. The maximum absolute atomic E-state index is 2.57. The van der Waals surface area contributed by atoms with Gasteiger partial charge in [0, 0.05) is 0 Å². The second kappa shape index (κ2) is 7.37. The second-order valence-corrected chi connectivity index (χ2v) is 4.80. The Bertz CT molecular complexity index is 95.7. The van der Waals surface area contributed by atoms with Gasteiger partial charge in [-0.05, 0) is 44.3 Å². The van der Waals surface area contributed by atoms with Crippen LogP contribution in [0.3, 0.4) is 0 Å². The number of rotatable bonds is 7. The van der Waals surface area contributed by atoms with Crippen LogP contribution in [0.5, 0.6) is 0 Å². The summed E-state index contributed by atoms with van der Waals surface area (Å²) in [6, 6.07) is 0. The Labute approximate surface area is 84.5 Å². The lowest BCUT2D eigenvalue weighted by atomic mass is 10.1. The van der Waals surface area contributed by atoms with Crippen molar-refractivity contribution in [1.82, 2.24) is 4.90 Å². The highest BCUT2D eigenvalue weighted by Gasteiger charge is 2.04. The summed E-state index contributed by atoms with van der Waals surface area (Å²) >= 11 is 0. The first-order chi connectivity index (χ1) is 6.06. The van der Waals surface area contributed by atoms with E-state index in [1.54, 1.807) is 0 Å². The van der Waals surface area contributed by atoms with Gasteiger partial charge >= 0.3 is 0 Å². The normalized spacial score (nSPS) is 12.0. The third-order valence-electron chi connectivity index (χ3n) is 2.49. The fourth-order valence-corrected chi connectivity index (χ4v) is 1.31. The Morgan fingerprint density at radius 3 is 1.46 bits per heavy atom. The summed E-state index contributed by atoms with van der Waals surface area (Å²) in [6.45, 7) is 15.2. The molecule has 0 bridgehead atoms. The van der Waals surface area contributed by atoms with Crippen molar-refractivity contribution in [2.24, 2.45) is 11.8 Å². The van der Waals surface area contributed by atoms with E-state index in [0.29, 0.717) is 0 Å². The lowest BCUT2D eigenvalue weighted by Crippen LogP contribution is -2.27. The maximum atomic E-state index is 2.57. The Kier molecular flexibility index (Phi) is 7.35. The summed E-state index contributed by atoms with van der Waals surface area (Å²) in [4.78, 5) is 2.57. The molecular formula is C12H27N. The minimum atomic E-state index is 0.841. The monoisotopic (exact) mass is 185 g/mol. The molecule has 1 heteroatoms. The van der Waals surface area contributed by atoms with Crippen molar-refractivity contribution in [2.75, 3.05) is 19.6 Å². The van der Waals surface area contributed by atoms with Crippen LogP contribution in [0.4, 0.5) is 0 Å². The van der Waals surface area contributed by atoms with Crippen LogP contribution in [0.25, 0.3) is 0 Å². The molecule has 13 heavy (non-hydrogen) atoms. The predicted octanol–water partition coefficient (Wildman–Crippen LogP) is 3.40. The quantitative estimate of drug-likeness (QED) is 0.587. The molecule has 1 nitrogen and oxygen atoms in total. The molecule has 0 saturated heterocycles. The van der Waals surface area contributed by atoms with E-state index in [9.17, 15) is 0 Å². The van der Waals surface area contributed by atoms with Crippen molar-refractivity contribution in [3.05, 3.63) is 0 Å². The summed E-state index contributed by atoms with van der Waals surface area (Å²) in [5.41, 5.74) is 0. The first-order valence-corrected chi connectivity index (χ1v) is 5.78. The highest BCUT2D eigenvalue weighted by atomic mass is 15.1. The van der Waals surface area contributed by atoms with Gasteiger partial charge in [0.1, 0.15) is 0 Å². The van der Waals surface area contributed by atoms with E-state index < -0.39 is 0 Å². The number of hydrogen-bond acceptors (Lipinski definition) is 1. The van der Waals surface area contributed by atoms with E-state index in [0.717, 1.165) is 11.8 Å². The van der Waals surface area contributed by atoms with E-state index in [1.807, 2.05) is 0 Å². The molecule has 0 spiro atoms. The molecular weight excluding hydrogens is 158 g/mol. The molecule has 0 aliphatic rings. The molecule has 0 fully saturated rings. The van der Waals surface area contributed by atoms with Gasteiger partial charge in [-0.15, -0.1) is 0 Å². The molecule has 0 amide bonds. The molecule has 0 rings (SSSR count). The molecule has 0 atom stereocenters. The van der Waals surface area contributed by atoms with Gasteiger partial charge < -0.3 is 4.90 Å². The van der Waals surface area contributed by atoms with Crippen LogP contribution in [0, 0.1) is 11.8 Å². The summed E-state index contributed by atoms with van der Waals surface area (Å²) < 4.78 is 0. The average molecular weight is 185 g/mol. The Hall–Kier alpha value is -0.0400. The van der Waals surface area contributed by atoms with Crippen LogP contribution >= 0.6 is 0 Å². The zero-order valence-electron chi connectivity index (χ0n) is 10.1. The molecule has 0 aliphatic heterocycles. The summed E-state index contributed by atoms with van der Waals surface area (Å²) in [6.07, 6.45) is 2.68. The van der Waals surface area contributed by atoms with Gasteiger partial charge in [-0.25, -0.2) is 0 Å². The van der Waals surface area contributed by atoms with Gasteiger partial charge in [-0.1, -0.05) is 34.6 Å². The Morgan fingerprint density at radius 2 is 1.23 bits per heavy atom. The largest absolute Gasteiger partial charge is 0.304 e. The molecule has 0 N–H and O–H groups in total. The number of hydrogen-bond donors (Lipinski definition) is 0. The minimum Gasteiger partial charge on any atom is -0.304 e. The van der Waals surface area contributed by atoms with Crippen molar-refractivity contribution in [1.29, 1.82) is 0 Å². The first-order valence-electron chi connectivity index (χ1n) is 5.78. The van der Waals surface area contributed by atoms with Crippen LogP contribution in [-0.2, 0) is 0 Å². The zero-order chi connectivity index (χ0) is 10.3. The standard InChI is InChI=1S/C12H27N/c1-6-13(9-7-11(2)3)10-8-12(4)5/h11-12H,6-10H2,1-5H3. The topological polar surface area (TPSA) is 3.24 Å². The van der Waals surface area contributed by atoms with Gasteiger partial charge in [0.05, 0.1) is 0 Å². The minimum absolute atomic E-state index is 0.841. The van der Waals surface area contributed by atoms with E-state index in [2.05, 4.69) is 39.5 Å². The second-order valence-electron chi connectivity index (χ2n) is 4.80. The van der Waals surface area contributed by atoms with E-state index in [-0.39, 0.29) is 0 Å². The first kappa shape index (κ1) is 13.0. The Morgan fingerprint density at radius 1 is 0.846 bits per heavy atom. The molecule has 80 valence electrons. The summed E-state index contributed by atoms with van der Waals surface area (Å²) in [7, 11) is 0.